The predicted octanol–water partition coefficient (Wildman–Crippen LogP) is 3.67. The number of benzene rings is 2. The van der Waals surface area contributed by atoms with E-state index >= 15 is 0 Å². The standard InChI is InChI=1S/C22H22FN3O4S/c1-2-9-26-21(16-4-6-17(23)7-5-16)24-25-22(26)31-13-18(27)12-28-11-15-3-8-19-20(10-15)30-14-29-19/h2-8,10,18,27H,1,9,11-14H2/t18-/m1/s1. The Kier molecular flexibility index (Phi) is 6.86. The Hall–Kier alpha value is -2.88. The number of aliphatic hydroxyl groups is 1. The molecule has 1 aliphatic heterocycles. The molecule has 2 heterocycles. The van der Waals surface area contributed by atoms with E-state index in [1.807, 2.05) is 22.8 Å². The van der Waals surface area contributed by atoms with Gasteiger partial charge in [-0.2, -0.15) is 0 Å². The molecule has 162 valence electrons. The molecule has 31 heavy (non-hydrogen) atoms. The molecule has 0 amide bonds. The fourth-order valence-electron chi connectivity index (χ4n) is 3.06. The van der Waals surface area contributed by atoms with Gasteiger partial charge in [0.25, 0.3) is 0 Å². The molecule has 1 N–H and O–H groups in total. The van der Waals surface area contributed by atoms with E-state index in [2.05, 4.69) is 16.8 Å². The van der Waals surface area contributed by atoms with Crippen molar-refractivity contribution < 1.29 is 23.7 Å². The lowest BCUT2D eigenvalue weighted by molar-refractivity contribution is 0.0397. The minimum absolute atomic E-state index is 0.182. The van der Waals surface area contributed by atoms with E-state index in [4.69, 9.17) is 14.2 Å². The molecule has 4 rings (SSSR count). The van der Waals surface area contributed by atoms with E-state index in [1.165, 1.54) is 23.9 Å². The molecule has 0 bridgehead atoms. The molecule has 0 aliphatic carbocycles. The minimum Gasteiger partial charge on any atom is -0.454 e. The van der Waals surface area contributed by atoms with Crippen molar-refractivity contribution in [3.05, 3.63) is 66.5 Å². The van der Waals surface area contributed by atoms with Crippen LogP contribution in [0.15, 0.2) is 60.3 Å². The number of fused-ring (bicyclic) bond motifs is 1. The lowest BCUT2D eigenvalue weighted by Gasteiger charge is -2.12. The number of thioether (sulfide) groups is 1. The van der Waals surface area contributed by atoms with Crippen LogP contribution in [-0.4, -0.2) is 45.1 Å². The van der Waals surface area contributed by atoms with Gasteiger partial charge in [-0.1, -0.05) is 23.9 Å². The van der Waals surface area contributed by atoms with Gasteiger partial charge in [0.2, 0.25) is 6.79 Å². The summed E-state index contributed by atoms with van der Waals surface area (Å²) in [7, 11) is 0. The second-order valence-corrected chi connectivity index (χ2v) is 7.87. The molecule has 0 saturated heterocycles. The minimum atomic E-state index is -0.679. The van der Waals surface area contributed by atoms with Crippen molar-refractivity contribution in [2.45, 2.75) is 24.4 Å². The summed E-state index contributed by atoms with van der Waals surface area (Å²) in [6.07, 6.45) is 1.06. The second kappa shape index (κ2) is 9.95. The van der Waals surface area contributed by atoms with Gasteiger partial charge in [-0.15, -0.1) is 16.8 Å². The molecule has 0 radical (unpaired) electrons. The molecule has 7 nitrogen and oxygen atoms in total. The molecule has 9 heteroatoms. The molecule has 0 saturated carbocycles. The lowest BCUT2D eigenvalue weighted by atomic mass is 10.2. The Bertz CT molecular complexity index is 1040. The van der Waals surface area contributed by atoms with Gasteiger partial charge in [-0.3, -0.25) is 4.57 Å². The third kappa shape index (κ3) is 5.25. The Labute approximate surface area is 183 Å². The lowest BCUT2D eigenvalue weighted by Crippen LogP contribution is -2.18. The Morgan fingerprint density at radius 2 is 2.00 bits per heavy atom. The molecule has 1 atom stereocenters. The van der Waals surface area contributed by atoms with Crippen LogP contribution in [-0.2, 0) is 17.9 Å². The first kappa shape index (κ1) is 21.4. The van der Waals surface area contributed by atoms with Crippen LogP contribution in [0.25, 0.3) is 11.4 Å². The maximum absolute atomic E-state index is 13.2. The average Bonchev–Trinajstić information content (AvgIpc) is 3.40. The smallest absolute Gasteiger partial charge is 0.231 e. The van der Waals surface area contributed by atoms with Crippen LogP contribution in [0.3, 0.4) is 0 Å². The average molecular weight is 444 g/mol. The number of halogens is 1. The highest BCUT2D eigenvalue weighted by Crippen LogP contribution is 2.32. The van der Waals surface area contributed by atoms with Crippen LogP contribution in [0, 0.1) is 5.82 Å². The number of aliphatic hydroxyl groups excluding tert-OH is 1. The summed E-state index contributed by atoms with van der Waals surface area (Å²) >= 11 is 1.38. The number of allylic oxidation sites excluding steroid dienone is 1. The molecule has 1 aliphatic rings. The number of aromatic nitrogens is 3. The molecule has 0 spiro atoms. The fourth-order valence-corrected chi connectivity index (χ4v) is 3.92. The summed E-state index contributed by atoms with van der Waals surface area (Å²) in [5, 5.41) is 19.4. The summed E-state index contributed by atoms with van der Waals surface area (Å²) in [5.74, 6) is 2.13. The van der Waals surface area contributed by atoms with Gasteiger partial charge in [0, 0.05) is 17.9 Å². The second-order valence-electron chi connectivity index (χ2n) is 6.88. The van der Waals surface area contributed by atoms with Gasteiger partial charge in [-0.25, -0.2) is 4.39 Å². The number of ether oxygens (including phenoxy) is 3. The van der Waals surface area contributed by atoms with E-state index in [1.54, 1.807) is 18.2 Å². The Morgan fingerprint density at radius 1 is 1.19 bits per heavy atom. The third-order valence-corrected chi connectivity index (χ3v) is 5.66. The Balaban J connectivity index is 1.31. The monoisotopic (exact) mass is 443 g/mol. The van der Waals surface area contributed by atoms with Gasteiger partial charge in [0.05, 0.1) is 19.3 Å². The van der Waals surface area contributed by atoms with Crippen molar-refractivity contribution in [2.75, 3.05) is 19.2 Å². The van der Waals surface area contributed by atoms with Crippen LogP contribution in [0.4, 0.5) is 4.39 Å². The van der Waals surface area contributed by atoms with Gasteiger partial charge in [-0.05, 0) is 42.0 Å². The van der Waals surface area contributed by atoms with Crippen LogP contribution >= 0.6 is 11.8 Å². The molecule has 0 unspecified atom stereocenters. The largest absolute Gasteiger partial charge is 0.454 e. The maximum atomic E-state index is 13.2. The van der Waals surface area contributed by atoms with Crippen molar-refractivity contribution in [1.29, 1.82) is 0 Å². The molecule has 2 aromatic carbocycles. The van der Waals surface area contributed by atoms with Crippen LogP contribution in [0.1, 0.15) is 5.56 Å². The van der Waals surface area contributed by atoms with Crippen molar-refractivity contribution >= 4 is 11.8 Å². The van der Waals surface area contributed by atoms with Crippen LogP contribution in [0.2, 0.25) is 0 Å². The zero-order chi connectivity index (χ0) is 21.6. The first-order chi connectivity index (χ1) is 15.1. The van der Waals surface area contributed by atoms with Gasteiger partial charge < -0.3 is 19.3 Å². The SMILES string of the molecule is C=CCn1c(SC[C@H](O)COCc2ccc3c(c2)OCO3)nnc1-c1ccc(F)cc1. The van der Waals surface area contributed by atoms with E-state index in [0.717, 1.165) is 16.9 Å². The predicted molar refractivity (Wildman–Crippen MR) is 115 cm³/mol. The molecule has 1 aromatic heterocycles. The van der Waals surface area contributed by atoms with Crippen molar-refractivity contribution in [2.24, 2.45) is 0 Å². The first-order valence-electron chi connectivity index (χ1n) is 9.71. The number of hydrogen-bond acceptors (Lipinski definition) is 7. The third-order valence-electron chi connectivity index (χ3n) is 4.55. The first-order valence-corrected chi connectivity index (χ1v) is 10.7. The topological polar surface area (TPSA) is 78.6 Å². The molecular formula is C22H22FN3O4S. The van der Waals surface area contributed by atoms with E-state index in [9.17, 15) is 9.50 Å². The van der Waals surface area contributed by atoms with E-state index < -0.39 is 6.10 Å². The van der Waals surface area contributed by atoms with Crippen molar-refractivity contribution in [3.8, 4) is 22.9 Å². The number of hydrogen-bond donors (Lipinski definition) is 1. The van der Waals surface area contributed by atoms with Gasteiger partial charge >= 0.3 is 0 Å². The highest BCUT2D eigenvalue weighted by Gasteiger charge is 2.16. The summed E-state index contributed by atoms with van der Waals surface area (Å²) in [4.78, 5) is 0. The number of rotatable bonds is 10. The molecular weight excluding hydrogens is 421 g/mol. The normalized spacial score (nSPS) is 13.4. The number of nitrogens with zero attached hydrogens (tertiary/aromatic N) is 3. The Morgan fingerprint density at radius 3 is 2.81 bits per heavy atom. The van der Waals surface area contributed by atoms with E-state index in [0.29, 0.717) is 35.6 Å². The highest BCUT2D eigenvalue weighted by molar-refractivity contribution is 7.99. The quantitative estimate of drug-likeness (QED) is 0.378. The zero-order valence-electron chi connectivity index (χ0n) is 16.7. The van der Waals surface area contributed by atoms with Gasteiger partial charge in [0.15, 0.2) is 22.5 Å². The highest BCUT2D eigenvalue weighted by atomic mass is 32.2. The molecule has 3 aromatic rings. The van der Waals surface area contributed by atoms with Crippen LogP contribution in [0.5, 0.6) is 11.5 Å². The maximum Gasteiger partial charge on any atom is 0.231 e. The summed E-state index contributed by atoms with van der Waals surface area (Å²) in [6.45, 7) is 5.05. The van der Waals surface area contributed by atoms with Crippen molar-refractivity contribution in [1.82, 2.24) is 14.8 Å². The van der Waals surface area contributed by atoms with Gasteiger partial charge in [0.1, 0.15) is 5.82 Å². The zero-order valence-corrected chi connectivity index (χ0v) is 17.6. The fraction of sp³-hybridized carbons (Fsp3) is 0.273. The molecule has 0 fully saturated rings. The van der Waals surface area contributed by atoms with Crippen LogP contribution < -0.4 is 9.47 Å². The van der Waals surface area contributed by atoms with Crippen molar-refractivity contribution in [3.63, 3.8) is 0 Å². The summed E-state index contributed by atoms with van der Waals surface area (Å²) in [6, 6.07) is 11.7. The summed E-state index contributed by atoms with van der Waals surface area (Å²) < 4.78 is 31.4. The summed E-state index contributed by atoms with van der Waals surface area (Å²) in [5.41, 5.74) is 1.70. The van der Waals surface area contributed by atoms with E-state index in [-0.39, 0.29) is 19.2 Å².